The number of aromatic nitrogens is 1. The smallest absolute Gasteiger partial charge is 0.252 e. The topological polar surface area (TPSA) is 91.5 Å². The van der Waals surface area contributed by atoms with E-state index in [1.165, 1.54) is 5.56 Å². The van der Waals surface area contributed by atoms with Crippen LogP contribution in [-0.4, -0.2) is 16.2 Å². The Morgan fingerprint density at radius 2 is 1.02 bits per heavy atom. The van der Waals surface area contributed by atoms with E-state index in [-0.39, 0.29) is 27.1 Å². The van der Waals surface area contributed by atoms with Gasteiger partial charge in [-0.05, 0) is 146 Å². The first-order chi connectivity index (χ1) is 42.7. The summed E-state index contributed by atoms with van der Waals surface area (Å²) in [4.78, 5) is 36.9. The van der Waals surface area contributed by atoms with Crippen molar-refractivity contribution in [2.24, 2.45) is 0 Å². The van der Waals surface area contributed by atoms with Crippen molar-refractivity contribution in [3.8, 4) is 11.1 Å². The molecule has 2 aliphatic heterocycles. The van der Waals surface area contributed by atoms with Gasteiger partial charge in [-0.2, -0.15) is 0 Å². The van der Waals surface area contributed by atoms with Gasteiger partial charge in [-0.25, -0.2) is 0 Å². The first kappa shape index (κ1) is 55.8. The summed E-state index contributed by atoms with van der Waals surface area (Å²) in [5.41, 5.74) is 17.8. The van der Waals surface area contributed by atoms with Crippen LogP contribution in [0.3, 0.4) is 0 Å². The zero-order valence-corrected chi connectivity index (χ0v) is 53.7. The summed E-state index contributed by atoms with van der Waals surface area (Å²) >= 11 is 0. The van der Waals surface area contributed by atoms with E-state index in [4.69, 9.17) is 8.83 Å². The monoisotopic (exact) mass is 1180 g/mol. The molecule has 8 nitrogen and oxygen atoms in total. The zero-order valence-electron chi connectivity index (χ0n) is 53.7. The van der Waals surface area contributed by atoms with E-state index in [1.807, 2.05) is 30.3 Å². The zero-order chi connectivity index (χ0) is 62.8. The molecule has 10 aromatic carbocycles. The number of hydrogen-bond donors (Lipinski definition) is 1. The molecule has 0 spiro atoms. The highest BCUT2D eigenvalue weighted by Crippen LogP contribution is 2.50. The lowest BCUT2D eigenvalue weighted by Crippen LogP contribution is -2.60. The number of pyridine rings is 2. The van der Waals surface area contributed by atoms with Crippen molar-refractivity contribution in [2.75, 3.05) is 9.80 Å². The predicted molar refractivity (Wildman–Crippen MR) is 378 cm³/mol. The SMILES string of the molecule is CC(C)(C)c1ccc(N(c2ccc3c(c2)N(c2ccc(-c4cccc5c4oc4ccccc45)cc2)c2cc(C(C)(C)C)c4c(=O)c5cc(C(C)(C)C)cc6c(=O)c7c(C(C)(C)O)ccc8c7n(c4c2B38)c65)c2cccc3c2oc2c(C(C)(C)C)cccc23)cc1. The van der Waals surface area contributed by atoms with Crippen LogP contribution in [0.5, 0.6) is 0 Å². The third-order valence-electron chi connectivity index (χ3n) is 19.6. The Morgan fingerprint density at radius 3 is 1.68 bits per heavy atom. The van der Waals surface area contributed by atoms with Gasteiger partial charge in [0.1, 0.15) is 16.7 Å². The molecule has 0 aliphatic carbocycles. The van der Waals surface area contributed by atoms with Crippen molar-refractivity contribution in [3.63, 3.8) is 0 Å². The Balaban J connectivity index is 1.03. The molecule has 0 atom stereocenters. The molecular weight excluding hydrogens is 1110 g/mol. The summed E-state index contributed by atoms with van der Waals surface area (Å²) < 4.78 is 16.1. The lowest BCUT2D eigenvalue weighted by Gasteiger charge is -2.42. The van der Waals surface area contributed by atoms with Crippen LogP contribution >= 0.6 is 0 Å². The molecule has 2 aliphatic rings. The van der Waals surface area contributed by atoms with Gasteiger partial charge in [0.15, 0.2) is 16.4 Å². The van der Waals surface area contributed by atoms with Gasteiger partial charge in [0.05, 0.1) is 38.6 Å². The number of nitrogens with zero attached hydrogens (tertiary/aromatic N) is 3. The molecule has 0 saturated carbocycles. The Morgan fingerprint density at radius 1 is 0.433 bits per heavy atom. The molecule has 6 heterocycles. The van der Waals surface area contributed by atoms with E-state index in [0.717, 1.165) is 133 Å². The number of rotatable bonds is 6. The fourth-order valence-corrected chi connectivity index (χ4v) is 15.1. The number of anilines is 6. The summed E-state index contributed by atoms with van der Waals surface area (Å²) in [5.74, 6) is 0. The van der Waals surface area contributed by atoms with Crippen LogP contribution in [0.25, 0.3) is 93.1 Å². The van der Waals surface area contributed by atoms with Gasteiger partial charge in [0.2, 0.25) is 0 Å². The quantitative estimate of drug-likeness (QED) is 0.101. The highest BCUT2D eigenvalue weighted by atomic mass is 16.3. The van der Waals surface area contributed by atoms with Gasteiger partial charge < -0.3 is 28.1 Å². The van der Waals surface area contributed by atoms with Crippen molar-refractivity contribution < 1.29 is 13.9 Å². The molecule has 1 N–H and O–H groups in total. The number of hydrogen-bond acceptors (Lipinski definition) is 7. The van der Waals surface area contributed by atoms with Gasteiger partial charge in [-0.15, -0.1) is 0 Å². The van der Waals surface area contributed by atoms with Crippen LogP contribution in [0.4, 0.5) is 34.1 Å². The summed E-state index contributed by atoms with van der Waals surface area (Å²) in [6.07, 6.45) is 0. The third-order valence-corrected chi connectivity index (χ3v) is 19.6. The van der Waals surface area contributed by atoms with Gasteiger partial charge in [0.25, 0.3) is 6.71 Å². The first-order valence-electron chi connectivity index (χ1n) is 31.7. The largest absolute Gasteiger partial charge is 0.455 e. The average molecular weight is 1180 g/mol. The standard InChI is InChI=1S/C81H72BN3O5/c1-77(2,3)45-30-34-47(35-31-45)83(62-26-19-24-54-53-23-18-25-58(79(7,8)9)75(53)90-76(54)62)49-36-38-60-63(42-49)84(48-32-28-44(29-33-48)50-21-17-22-52-51-20-15-16-27-65(51)89-74(50)52)64-43-59(80(10,11)12)67-71-68(64)82(60)61-39-37-57(81(13,14)88)66-70(61)85(71)69-55(72(66)86)40-46(78(4,5)6)41-56(69)73(67)87/h15-43,88H,1-14H3. The molecule has 90 heavy (non-hydrogen) atoms. The number of furan rings is 2. The molecule has 444 valence electrons. The minimum Gasteiger partial charge on any atom is -0.455 e. The lowest BCUT2D eigenvalue weighted by molar-refractivity contribution is 0.0801. The highest BCUT2D eigenvalue weighted by Gasteiger charge is 2.45. The third kappa shape index (κ3) is 7.97. The predicted octanol–water partition coefficient (Wildman–Crippen LogP) is 18.5. The molecule has 9 heteroatoms. The normalized spacial score (nSPS) is 13.8. The van der Waals surface area contributed by atoms with E-state index in [0.29, 0.717) is 32.6 Å². The molecule has 0 unspecified atom stereocenters. The number of aliphatic hydroxyl groups is 1. The Labute approximate surface area is 524 Å². The van der Waals surface area contributed by atoms with E-state index < -0.39 is 17.7 Å². The maximum atomic E-state index is 16.2. The van der Waals surface area contributed by atoms with Crippen molar-refractivity contribution in [3.05, 3.63) is 224 Å². The Hall–Kier alpha value is -9.44. The maximum absolute atomic E-state index is 16.2. The maximum Gasteiger partial charge on any atom is 0.252 e. The molecule has 0 saturated heterocycles. The van der Waals surface area contributed by atoms with E-state index in [2.05, 4.69) is 243 Å². The number of para-hydroxylation sites is 4. The van der Waals surface area contributed by atoms with Crippen LogP contribution in [0, 0.1) is 0 Å². The molecule has 0 amide bonds. The highest BCUT2D eigenvalue weighted by molar-refractivity contribution is 7.01. The van der Waals surface area contributed by atoms with Crippen LogP contribution in [0.2, 0.25) is 0 Å². The van der Waals surface area contributed by atoms with Crippen molar-refractivity contribution in [2.45, 2.75) is 124 Å². The van der Waals surface area contributed by atoms with Gasteiger partial charge >= 0.3 is 0 Å². The van der Waals surface area contributed by atoms with Gasteiger partial charge in [-0.1, -0.05) is 192 Å². The second kappa shape index (κ2) is 18.6. The summed E-state index contributed by atoms with van der Waals surface area (Å²) in [7, 11) is 0. The molecule has 0 bridgehead atoms. The molecule has 14 aromatic rings. The van der Waals surface area contributed by atoms with E-state index in [9.17, 15) is 5.11 Å². The number of fused-ring (bicyclic) bond motifs is 9. The van der Waals surface area contributed by atoms with Gasteiger partial charge in [-0.3, -0.25) is 9.59 Å². The molecule has 0 fully saturated rings. The first-order valence-corrected chi connectivity index (χ1v) is 31.7. The van der Waals surface area contributed by atoms with Crippen molar-refractivity contribution in [1.29, 1.82) is 0 Å². The van der Waals surface area contributed by atoms with Crippen molar-refractivity contribution >= 4 is 139 Å². The van der Waals surface area contributed by atoms with Gasteiger partial charge in [0, 0.05) is 71.9 Å². The summed E-state index contributed by atoms with van der Waals surface area (Å²) in [6, 6.07) is 62.7. The van der Waals surface area contributed by atoms with Crippen LogP contribution < -0.4 is 37.0 Å². The summed E-state index contributed by atoms with van der Waals surface area (Å²) in [5, 5.41) is 18.6. The van der Waals surface area contributed by atoms with Crippen molar-refractivity contribution in [1.82, 2.24) is 4.40 Å². The minimum absolute atomic E-state index is 0.0848. The van der Waals surface area contributed by atoms with E-state index in [1.54, 1.807) is 13.8 Å². The number of benzene rings is 10. The van der Waals surface area contributed by atoms with Crippen LogP contribution in [0.15, 0.2) is 194 Å². The molecule has 16 rings (SSSR count). The second-order valence-corrected chi connectivity index (χ2v) is 30.1. The fraction of sp³-hybridized carbons (Fsp3) is 0.235. The molecule has 0 radical (unpaired) electrons. The average Bonchev–Trinajstić information content (AvgIpc) is 0.954. The Bertz CT molecular complexity index is 5540. The lowest BCUT2D eigenvalue weighted by atomic mass is 9.33. The second-order valence-electron chi connectivity index (χ2n) is 30.1. The van der Waals surface area contributed by atoms with Crippen LogP contribution in [-0.2, 0) is 27.3 Å². The minimum atomic E-state index is -1.39. The molecular formula is C81H72BN3O5. The molecule has 4 aromatic heterocycles. The van der Waals surface area contributed by atoms with Crippen LogP contribution in [0.1, 0.15) is 125 Å². The summed E-state index contributed by atoms with van der Waals surface area (Å²) in [6.45, 7) is 29.5. The Kier molecular flexibility index (Phi) is 11.5. The van der Waals surface area contributed by atoms with E-state index >= 15 is 9.59 Å². The fourth-order valence-electron chi connectivity index (χ4n) is 15.1.